The van der Waals surface area contributed by atoms with Gasteiger partial charge >= 0.3 is 0 Å². The molecule has 2 aliphatic rings. The van der Waals surface area contributed by atoms with E-state index in [1.165, 1.54) is 5.56 Å². The van der Waals surface area contributed by atoms with Gasteiger partial charge in [0.25, 0.3) is 0 Å². The Labute approximate surface area is 201 Å². The zero-order chi connectivity index (χ0) is 20.8. The maximum absolute atomic E-state index is 6.13. The van der Waals surface area contributed by atoms with E-state index in [1.807, 2.05) is 12.1 Å². The summed E-state index contributed by atoms with van der Waals surface area (Å²) in [5.74, 6) is 1.55. The SMILES string of the molecule is CCNC(=NCc1ccnc(OC)c1)N1CC2OCCN(Cc3ccccc3)C2C1.I. The molecule has 4 rings (SSSR count). The summed E-state index contributed by atoms with van der Waals surface area (Å²) >= 11 is 0. The Bertz CT molecular complexity index is 851. The van der Waals surface area contributed by atoms with E-state index in [2.05, 4.69) is 57.4 Å². The molecule has 2 aromatic rings. The number of rotatable bonds is 6. The number of benzene rings is 1. The quantitative estimate of drug-likeness (QED) is 0.348. The standard InChI is InChI=1S/C23H31N5O2.HI/c1-3-24-23(26-14-19-9-10-25-22(13-19)29-2)28-16-20-21(17-28)30-12-11-27(20)15-18-7-5-4-6-8-18;/h4-10,13,20-21H,3,11-12,14-17H2,1-2H3,(H,24,26);1H. The number of nitrogens with one attached hydrogen (secondary N) is 1. The second-order valence-electron chi connectivity index (χ2n) is 7.71. The minimum absolute atomic E-state index is 0. The fourth-order valence-corrected chi connectivity index (χ4v) is 4.20. The number of fused-ring (bicyclic) bond motifs is 1. The summed E-state index contributed by atoms with van der Waals surface area (Å²) in [4.78, 5) is 13.9. The van der Waals surface area contributed by atoms with Crippen LogP contribution in [0.4, 0.5) is 0 Å². The zero-order valence-corrected chi connectivity index (χ0v) is 20.6. The molecule has 2 atom stereocenters. The van der Waals surface area contributed by atoms with Crippen LogP contribution in [0.2, 0.25) is 0 Å². The Kier molecular flexibility index (Phi) is 8.91. The van der Waals surface area contributed by atoms with E-state index in [4.69, 9.17) is 14.5 Å². The number of hydrogen-bond acceptors (Lipinski definition) is 5. The molecular weight excluding hydrogens is 505 g/mol. The van der Waals surface area contributed by atoms with E-state index in [0.717, 1.165) is 50.9 Å². The number of methoxy groups -OCH3 is 1. The van der Waals surface area contributed by atoms with Crippen LogP contribution in [0.15, 0.2) is 53.7 Å². The Morgan fingerprint density at radius 2 is 2.06 bits per heavy atom. The number of aromatic nitrogens is 1. The molecule has 168 valence electrons. The molecule has 2 fully saturated rings. The summed E-state index contributed by atoms with van der Waals surface area (Å²) in [6.45, 7) is 8.02. The molecule has 0 aliphatic carbocycles. The minimum Gasteiger partial charge on any atom is -0.481 e. The number of guanidine groups is 1. The summed E-state index contributed by atoms with van der Waals surface area (Å²) in [6.07, 6.45) is 1.98. The summed E-state index contributed by atoms with van der Waals surface area (Å²) in [7, 11) is 1.63. The maximum atomic E-state index is 6.13. The molecule has 2 aliphatic heterocycles. The van der Waals surface area contributed by atoms with Gasteiger partial charge in [-0.3, -0.25) is 4.90 Å². The number of halogens is 1. The largest absolute Gasteiger partial charge is 0.481 e. The van der Waals surface area contributed by atoms with E-state index in [-0.39, 0.29) is 30.1 Å². The molecule has 2 saturated heterocycles. The number of nitrogens with zero attached hydrogens (tertiary/aromatic N) is 4. The monoisotopic (exact) mass is 537 g/mol. The predicted octanol–water partition coefficient (Wildman–Crippen LogP) is 2.76. The van der Waals surface area contributed by atoms with E-state index >= 15 is 0 Å². The predicted molar refractivity (Wildman–Crippen MR) is 133 cm³/mol. The van der Waals surface area contributed by atoms with E-state index in [1.54, 1.807) is 13.3 Å². The van der Waals surface area contributed by atoms with Gasteiger partial charge in [-0.05, 0) is 24.1 Å². The number of hydrogen-bond donors (Lipinski definition) is 1. The van der Waals surface area contributed by atoms with Crippen molar-refractivity contribution >= 4 is 29.9 Å². The van der Waals surface area contributed by atoms with Crippen LogP contribution in [-0.2, 0) is 17.8 Å². The summed E-state index contributed by atoms with van der Waals surface area (Å²) in [6, 6.07) is 15.0. The van der Waals surface area contributed by atoms with Gasteiger partial charge in [0.2, 0.25) is 5.88 Å². The molecule has 31 heavy (non-hydrogen) atoms. The van der Waals surface area contributed by atoms with Crippen molar-refractivity contribution in [1.82, 2.24) is 20.1 Å². The molecule has 1 aromatic carbocycles. The lowest BCUT2D eigenvalue weighted by atomic mass is 10.1. The van der Waals surface area contributed by atoms with Crippen molar-refractivity contribution < 1.29 is 9.47 Å². The van der Waals surface area contributed by atoms with Crippen molar-refractivity contribution in [2.24, 2.45) is 4.99 Å². The molecular formula is C23H32IN5O2. The third-order valence-corrected chi connectivity index (χ3v) is 5.70. The summed E-state index contributed by atoms with van der Waals surface area (Å²) < 4.78 is 11.4. The third kappa shape index (κ3) is 6.08. The molecule has 8 heteroatoms. The van der Waals surface area contributed by atoms with Crippen molar-refractivity contribution in [3.8, 4) is 5.88 Å². The van der Waals surface area contributed by atoms with Crippen LogP contribution >= 0.6 is 24.0 Å². The van der Waals surface area contributed by atoms with Gasteiger partial charge in [0.1, 0.15) is 0 Å². The van der Waals surface area contributed by atoms with Gasteiger partial charge in [-0.15, -0.1) is 24.0 Å². The first-order valence-electron chi connectivity index (χ1n) is 10.7. The van der Waals surface area contributed by atoms with Gasteiger partial charge in [-0.1, -0.05) is 30.3 Å². The second kappa shape index (κ2) is 11.6. The van der Waals surface area contributed by atoms with Crippen LogP contribution in [-0.4, -0.2) is 72.8 Å². The first-order valence-corrected chi connectivity index (χ1v) is 10.7. The average Bonchev–Trinajstić information content (AvgIpc) is 3.23. The summed E-state index contributed by atoms with van der Waals surface area (Å²) in [5, 5.41) is 3.45. The third-order valence-electron chi connectivity index (χ3n) is 5.70. The van der Waals surface area contributed by atoms with E-state index in [9.17, 15) is 0 Å². The van der Waals surface area contributed by atoms with Crippen molar-refractivity contribution in [2.75, 3.05) is 39.9 Å². The van der Waals surface area contributed by atoms with Crippen LogP contribution < -0.4 is 10.1 Å². The van der Waals surface area contributed by atoms with Gasteiger partial charge in [0.05, 0.1) is 32.4 Å². The topological polar surface area (TPSA) is 62.2 Å². The first-order chi connectivity index (χ1) is 14.8. The Morgan fingerprint density at radius 1 is 1.23 bits per heavy atom. The Morgan fingerprint density at radius 3 is 2.84 bits per heavy atom. The molecule has 0 saturated carbocycles. The van der Waals surface area contributed by atoms with Crippen LogP contribution in [0.5, 0.6) is 5.88 Å². The highest BCUT2D eigenvalue weighted by atomic mass is 127. The molecule has 2 unspecified atom stereocenters. The van der Waals surface area contributed by atoms with Gasteiger partial charge < -0.3 is 19.7 Å². The highest BCUT2D eigenvalue weighted by molar-refractivity contribution is 14.0. The average molecular weight is 537 g/mol. The molecule has 0 radical (unpaired) electrons. The molecule has 1 aromatic heterocycles. The number of morpholine rings is 1. The number of pyridine rings is 1. The molecule has 1 N–H and O–H groups in total. The van der Waals surface area contributed by atoms with Crippen molar-refractivity contribution in [3.63, 3.8) is 0 Å². The van der Waals surface area contributed by atoms with Gasteiger partial charge in [0.15, 0.2) is 5.96 Å². The Hall–Kier alpha value is -1.91. The number of aliphatic imine (C=N–C) groups is 1. The van der Waals surface area contributed by atoms with E-state index < -0.39 is 0 Å². The highest BCUT2D eigenvalue weighted by Gasteiger charge is 2.41. The lowest BCUT2D eigenvalue weighted by Crippen LogP contribution is -2.50. The minimum atomic E-state index is 0. The van der Waals surface area contributed by atoms with Crippen molar-refractivity contribution in [2.45, 2.75) is 32.2 Å². The molecule has 7 nitrogen and oxygen atoms in total. The fourth-order valence-electron chi connectivity index (χ4n) is 4.20. The van der Waals surface area contributed by atoms with Crippen LogP contribution in [0.1, 0.15) is 18.1 Å². The van der Waals surface area contributed by atoms with Gasteiger partial charge in [-0.25, -0.2) is 9.98 Å². The zero-order valence-electron chi connectivity index (χ0n) is 18.2. The highest BCUT2D eigenvalue weighted by Crippen LogP contribution is 2.25. The summed E-state index contributed by atoms with van der Waals surface area (Å²) in [5.41, 5.74) is 2.43. The fraction of sp³-hybridized carbons (Fsp3) is 0.478. The lowest BCUT2D eigenvalue weighted by Gasteiger charge is -2.36. The van der Waals surface area contributed by atoms with Crippen LogP contribution in [0.25, 0.3) is 0 Å². The van der Waals surface area contributed by atoms with E-state index in [0.29, 0.717) is 18.5 Å². The second-order valence-corrected chi connectivity index (χ2v) is 7.71. The molecule has 0 amide bonds. The Balaban J connectivity index is 0.00000272. The molecule has 0 spiro atoms. The van der Waals surface area contributed by atoms with Gasteiger partial charge in [-0.2, -0.15) is 0 Å². The normalized spacial score (nSPS) is 21.4. The molecule has 0 bridgehead atoms. The lowest BCUT2D eigenvalue weighted by molar-refractivity contribution is -0.0502. The maximum Gasteiger partial charge on any atom is 0.213 e. The number of ether oxygens (including phenoxy) is 2. The molecule has 3 heterocycles. The van der Waals surface area contributed by atoms with Crippen molar-refractivity contribution in [3.05, 3.63) is 59.8 Å². The van der Waals surface area contributed by atoms with Gasteiger partial charge in [0, 0.05) is 45.0 Å². The first kappa shape index (κ1) is 23.7. The van der Waals surface area contributed by atoms with Crippen LogP contribution in [0, 0.1) is 0 Å². The van der Waals surface area contributed by atoms with Crippen molar-refractivity contribution in [1.29, 1.82) is 0 Å². The number of likely N-dealkylation sites (tertiary alicyclic amines) is 1. The smallest absolute Gasteiger partial charge is 0.213 e. The van der Waals surface area contributed by atoms with Crippen LogP contribution in [0.3, 0.4) is 0 Å².